The van der Waals surface area contributed by atoms with Gasteiger partial charge in [0.1, 0.15) is 5.60 Å². The molecule has 7 heteroatoms. The van der Waals surface area contributed by atoms with E-state index in [2.05, 4.69) is 15.5 Å². The van der Waals surface area contributed by atoms with Crippen LogP contribution in [0.2, 0.25) is 5.02 Å². The second-order valence-electron chi connectivity index (χ2n) is 5.54. The molecule has 1 aromatic carbocycles. The Kier molecular flexibility index (Phi) is 4.18. The van der Waals surface area contributed by atoms with Crippen LogP contribution in [0, 0.1) is 0 Å². The second-order valence-corrected chi connectivity index (χ2v) is 5.98. The predicted molar refractivity (Wildman–Crippen MR) is 80.4 cm³/mol. The number of nitrogens with one attached hydrogen (secondary N) is 2. The van der Waals surface area contributed by atoms with Gasteiger partial charge < -0.3 is 10.1 Å². The molecule has 2 rings (SSSR count). The van der Waals surface area contributed by atoms with Crippen LogP contribution in [0.1, 0.15) is 26.5 Å². The maximum atomic E-state index is 11.7. The number of alkyl carbamates (subject to hydrolysis) is 1. The van der Waals surface area contributed by atoms with Gasteiger partial charge in [-0.3, -0.25) is 4.79 Å². The van der Waals surface area contributed by atoms with Crippen LogP contribution in [0.15, 0.2) is 23.0 Å². The summed E-state index contributed by atoms with van der Waals surface area (Å²) in [4.78, 5) is 23.3. The molecule has 1 amide bonds. The normalized spacial score (nSPS) is 11.4. The minimum absolute atomic E-state index is 0.128. The number of benzene rings is 1. The summed E-state index contributed by atoms with van der Waals surface area (Å²) in [5.74, 6) is 0. The maximum absolute atomic E-state index is 11.7. The molecule has 0 aliphatic carbocycles. The van der Waals surface area contributed by atoms with Gasteiger partial charge in [0.05, 0.1) is 17.6 Å². The molecule has 0 bridgehead atoms. The van der Waals surface area contributed by atoms with Crippen molar-refractivity contribution in [3.05, 3.63) is 39.3 Å². The lowest BCUT2D eigenvalue weighted by atomic mass is 10.1. The number of halogens is 1. The number of fused-ring (bicyclic) bond motifs is 1. The minimum Gasteiger partial charge on any atom is -0.444 e. The zero-order chi connectivity index (χ0) is 15.6. The van der Waals surface area contributed by atoms with Gasteiger partial charge in [0.2, 0.25) is 0 Å². The van der Waals surface area contributed by atoms with Gasteiger partial charge in [0, 0.05) is 10.4 Å². The highest BCUT2D eigenvalue weighted by Crippen LogP contribution is 2.18. The Bertz CT molecular complexity index is 734. The zero-order valence-electron chi connectivity index (χ0n) is 12.0. The number of H-pyrrole nitrogens is 1. The topological polar surface area (TPSA) is 84.1 Å². The number of aromatic amines is 1. The van der Waals surface area contributed by atoms with Gasteiger partial charge in [-0.05, 0) is 39.0 Å². The van der Waals surface area contributed by atoms with Crippen molar-refractivity contribution < 1.29 is 9.53 Å². The summed E-state index contributed by atoms with van der Waals surface area (Å²) < 4.78 is 5.14. The van der Waals surface area contributed by atoms with Gasteiger partial charge in [-0.25, -0.2) is 9.89 Å². The Morgan fingerprint density at radius 2 is 2.10 bits per heavy atom. The van der Waals surface area contributed by atoms with Crippen LogP contribution in [-0.4, -0.2) is 21.9 Å². The zero-order valence-corrected chi connectivity index (χ0v) is 12.7. The SMILES string of the molecule is CC(C)(C)OC(=O)NCc1n[nH]c(=O)c2ccc(Cl)cc12. The molecule has 2 N–H and O–H groups in total. The largest absolute Gasteiger partial charge is 0.444 e. The van der Waals surface area contributed by atoms with Gasteiger partial charge in [0.25, 0.3) is 5.56 Å². The molecule has 2 aromatic rings. The van der Waals surface area contributed by atoms with E-state index >= 15 is 0 Å². The Hall–Kier alpha value is -2.08. The molecule has 0 radical (unpaired) electrons. The van der Waals surface area contributed by atoms with E-state index in [0.717, 1.165) is 0 Å². The molecular formula is C14H16ClN3O3. The predicted octanol–water partition coefficient (Wildman–Crippen LogP) is 2.60. The third-order valence-electron chi connectivity index (χ3n) is 2.63. The van der Waals surface area contributed by atoms with Crippen LogP contribution in [0.4, 0.5) is 4.79 Å². The van der Waals surface area contributed by atoms with Crippen molar-refractivity contribution >= 4 is 28.5 Å². The number of aromatic nitrogens is 2. The number of amides is 1. The number of ether oxygens (including phenoxy) is 1. The molecule has 0 saturated carbocycles. The molecule has 0 fully saturated rings. The van der Waals surface area contributed by atoms with Gasteiger partial charge in [-0.2, -0.15) is 5.10 Å². The number of carbonyl (C=O) groups is 1. The van der Waals surface area contributed by atoms with E-state index in [1.165, 1.54) is 0 Å². The number of rotatable bonds is 2. The highest BCUT2D eigenvalue weighted by molar-refractivity contribution is 6.31. The number of hydrogen-bond donors (Lipinski definition) is 2. The molecule has 0 unspecified atom stereocenters. The van der Waals surface area contributed by atoms with E-state index in [1.54, 1.807) is 39.0 Å². The third kappa shape index (κ3) is 3.95. The lowest BCUT2D eigenvalue weighted by Gasteiger charge is -2.19. The Labute approximate surface area is 126 Å². The molecular weight excluding hydrogens is 294 g/mol. The fraction of sp³-hybridized carbons (Fsp3) is 0.357. The van der Waals surface area contributed by atoms with Crippen LogP contribution in [0.25, 0.3) is 10.8 Å². The van der Waals surface area contributed by atoms with Gasteiger partial charge in [-0.1, -0.05) is 11.6 Å². The van der Waals surface area contributed by atoms with Crippen molar-refractivity contribution in [1.82, 2.24) is 15.5 Å². The fourth-order valence-electron chi connectivity index (χ4n) is 1.80. The van der Waals surface area contributed by atoms with E-state index in [4.69, 9.17) is 16.3 Å². The molecule has 21 heavy (non-hydrogen) atoms. The van der Waals surface area contributed by atoms with Crippen LogP contribution in [0.3, 0.4) is 0 Å². The first-order valence-electron chi connectivity index (χ1n) is 6.40. The van der Waals surface area contributed by atoms with Crippen molar-refractivity contribution in [1.29, 1.82) is 0 Å². The van der Waals surface area contributed by atoms with Crippen molar-refractivity contribution in [2.24, 2.45) is 0 Å². The standard InChI is InChI=1S/C14H16ClN3O3/c1-14(2,3)21-13(20)16-7-11-10-6-8(15)4-5-9(10)12(19)18-17-11/h4-6H,7H2,1-3H3,(H,16,20)(H,18,19). The first-order chi connectivity index (χ1) is 9.76. The Balaban J connectivity index is 2.23. The summed E-state index contributed by atoms with van der Waals surface area (Å²) in [6.07, 6.45) is -0.550. The van der Waals surface area contributed by atoms with Crippen LogP contribution in [0.5, 0.6) is 0 Å². The summed E-state index contributed by atoms with van der Waals surface area (Å²) in [5, 5.41) is 10.5. The molecule has 6 nitrogen and oxygen atoms in total. The van der Waals surface area contributed by atoms with Gasteiger partial charge in [-0.15, -0.1) is 0 Å². The third-order valence-corrected chi connectivity index (χ3v) is 2.86. The number of nitrogens with zero attached hydrogens (tertiary/aromatic N) is 1. The van der Waals surface area contributed by atoms with Crippen molar-refractivity contribution in [2.75, 3.05) is 0 Å². The molecule has 0 aliphatic heterocycles. The van der Waals surface area contributed by atoms with Crippen LogP contribution in [-0.2, 0) is 11.3 Å². The van der Waals surface area contributed by atoms with Crippen molar-refractivity contribution in [3.8, 4) is 0 Å². The van der Waals surface area contributed by atoms with Gasteiger partial charge >= 0.3 is 6.09 Å². The minimum atomic E-state index is -0.576. The monoisotopic (exact) mass is 309 g/mol. The van der Waals surface area contributed by atoms with E-state index in [0.29, 0.717) is 21.5 Å². The molecule has 0 saturated heterocycles. The Morgan fingerprint density at radius 3 is 2.76 bits per heavy atom. The summed E-state index contributed by atoms with van der Waals surface area (Å²) in [6, 6.07) is 4.89. The molecule has 1 heterocycles. The molecule has 0 spiro atoms. The quantitative estimate of drug-likeness (QED) is 0.893. The number of carbonyl (C=O) groups excluding carboxylic acids is 1. The Morgan fingerprint density at radius 1 is 1.38 bits per heavy atom. The van der Waals surface area contributed by atoms with Crippen LogP contribution < -0.4 is 10.9 Å². The van der Waals surface area contributed by atoms with E-state index in [9.17, 15) is 9.59 Å². The first kappa shape index (κ1) is 15.3. The lowest BCUT2D eigenvalue weighted by Crippen LogP contribution is -2.32. The summed E-state index contributed by atoms with van der Waals surface area (Å²) in [6.45, 7) is 5.46. The average molecular weight is 310 g/mol. The summed E-state index contributed by atoms with van der Waals surface area (Å²) in [7, 11) is 0. The molecule has 1 aromatic heterocycles. The highest BCUT2D eigenvalue weighted by atomic mass is 35.5. The van der Waals surface area contributed by atoms with Crippen molar-refractivity contribution in [3.63, 3.8) is 0 Å². The molecule has 0 atom stereocenters. The smallest absolute Gasteiger partial charge is 0.407 e. The molecule has 112 valence electrons. The summed E-state index contributed by atoms with van der Waals surface area (Å²) in [5.41, 5.74) is -0.367. The maximum Gasteiger partial charge on any atom is 0.407 e. The number of hydrogen-bond acceptors (Lipinski definition) is 4. The van der Waals surface area contributed by atoms with Crippen LogP contribution >= 0.6 is 11.6 Å². The van der Waals surface area contributed by atoms with E-state index in [-0.39, 0.29) is 12.1 Å². The first-order valence-corrected chi connectivity index (χ1v) is 6.78. The highest BCUT2D eigenvalue weighted by Gasteiger charge is 2.16. The van der Waals surface area contributed by atoms with E-state index < -0.39 is 11.7 Å². The van der Waals surface area contributed by atoms with Gasteiger partial charge in [0.15, 0.2) is 0 Å². The lowest BCUT2D eigenvalue weighted by molar-refractivity contribution is 0.0523. The second kappa shape index (κ2) is 5.73. The average Bonchev–Trinajstić information content (AvgIpc) is 2.35. The summed E-state index contributed by atoms with van der Waals surface area (Å²) >= 11 is 5.94. The van der Waals surface area contributed by atoms with Crippen molar-refractivity contribution in [2.45, 2.75) is 32.9 Å². The fourth-order valence-corrected chi connectivity index (χ4v) is 1.97. The van der Waals surface area contributed by atoms with E-state index in [1.807, 2.05) is 0 Å². The molecule has 0 aliphatic rings.